The van der Waals surface area contributed by atoms with Crippen LogP contribution >= 0.6 is 0 Å². The van der Waals surface area contributed by atoms with Crippen LogP contribution in [0.3, 0.4) is 0 Å². The molecule has 6 heteroatoms. The van der Waals surface area contributed by atoms with Gasteiger partial charge < -0.3 is 14.2 Å². The minimum atomic E-state index is -0.762. The number of carbonyl (C=O) groups is 3. The van der Waals surface area contributed by atoms with E-state index >= 15 is 0 Å². The Bertz CT molecular complexity index is 883. The van der Waals surface area contributed by atoms with Crippen LogP contribution in [0.25, 0.3) is 0 Å². The molecule has 0 aromatic rings. The summed E-state index contributed by atoms with van der Waals surface area (Å²) in [5.41, 5.74) is 0. The summed E-state index contributed by atoms with van der Waals surface area (Å²) in [7, 11) is 0. The molecule has 1 atom stereocenters. The number of hydrogen-bond donors (Lipinski definition) is 0. The van der Waals surface area contributed by atoms with Crippen molar-refractivity contribution in [2.75, 3.05) is 13.2 Å². The van der Waals surface area contributed by atoms with E-state index in [2.05, 4.69) is 41.5 Å². The van der Waals surface area contributed by atoms with Gasteiger partial charge in [-0.15, -0.1) is 0 Å². The lowest BCUT2D eigenvalue weighted by molar-refractivity contribution is -0.167. The van der Waals surface area contributed by atoms with Crippen LogP contribution in [-0.2, 0) is 28.6 Å². The van der Waals surface area contributed by atoms with Gasteiger partial charge in [-0.05, 0) is 37.0 Å². The quantitative estimate of drug-likeness (QED) is 0.0347. The number of carbonyl (C=O) groups excluding carboxylic acids is 3. The molecule has 0 saturated carbocycles. The molecule has 0 bridgehead atoms. The molecular formula is C51H98O6. The number of unbranched alkanes of at least 4 members (excludes halogenated alkanes) is 27. The number of hydrogen-bond acceptors (Lipinski definition) is 6. The van der Waals surface area contributed by atoms with Crippen LogP contribution in [0.4, 0.5) is 0 Å². The van der Waals surface area contributed by atoms with Crippen molar-refractivity contribution < 1.29 is 28.6 Å². The summed E-state index contributed by atoms with van der Waals surface area (Å²) in [6.45, 7) is 13.7. The van der Waals surface area contributed by atoms with Gasteiger partial charge in [-0.1, -0.05) is 234 Å². The van der Waals surface area contributed by atoms with E-state index in [0.29, 0.717) is 19.3 Å². The van der Waals surface area contributed by atoms with Crippen LogP contribution in [0.15, 0.2) is 0 Å². The van der Waals surface area contributed by atoms with Crippen molar-refractivity contribution in [3.05, 3.63) is 0 Å². The Morgan fingerprint density at radius 1 is 0.298 bits per heavy atom. The van der Waals surface area contributed by atoms with Crippen molar-refractivity contribution in [3.63, 3.8) is 0 Å². The topological polar surface area (TPSA) is 78.9 Å². The second-order valence-corrected chi connectivity index (χ2v) is 18.9. The van der Waals surface area contributed by atoms with Crippen molar-refractivity contribution in [1.82, 2.24) is 0 Å². The molecule has 0 N–H and O–H groups in total. The van der Waals surface area contributed by atoms with Gasteiger partial charge in [-0.3, -0.25) is 14.4 Å². The molecule has 0 spiro atoms. The zero-order chi connectivity index (χ0) is 42.0. The molecule has 0 aliphatic heterocycles. The summed E-state index contributed by atoms with van der Waals surface area (Å²) in [4.78, 5) is 37.9. The van der Waals surface area contributed by atoms with E-state index in [1.165, 1.54) is 154 Å². The Hall–Kier alpha value is -1.59. The predicted molar refractivity (Wildman–Crippen MR) is 243 cm³/mol. The molecule has 0 aliphatic carbocycles. The minimum absolute atomic E-state index is 0.0655. The van der Waals surface area contributed by atoms with Crippen LogP contribution in [0.2, 0.25) is 0 Å². The lowest BCUT2D eigenvalue weighted by Gasteiger charge is -2.18. The normalized spacial score (nSPS) is 12.2. The third kappa shape index (κ3) is 45.3. The first-order valence-electron chi connectivity index (χ1n) is 25.1. The average molecular weight is 807 g/mol. The largest absolute Gasteiger partial charge is 0.462 e. The molecule has 0 fully saturated rings. The summed E-state index contributed by atoms with van der Waals surface area (Å²) >= 11 is 0. The van der Waals surface area contributed by atoms with Gasteiger partial charge in [0.05, 0.1) is 0 Å². The van der Waals surface area contributed by atoms with Crippen LogP contribution in [0.5, 0.6) is 0 Å². The molecular weight excluding hydrogens is 709 g/mol. The van der Waals surface area contributed by atoms with Gasteiger partial charge in [0.25, 0.3) is 0 Å². The van der Waals surface area contributed by atoms with Gasteiger partial charge in [-0.25, -0.2) is 0 Å². The molecule has 6 nitrogen and oxygen atoms in total. The zero-order valence-corrected chi connectivity index (χ0v) is 39.1. The first kappa shape index (κ1) is 55.4. The Labute approximate surface area is 355 Å². The highest BCUT2D eigenvalue weighted by atomic mass is 16.6. The van der Waals surface area contributed by atoms with Gasteiger partial charge in [0.1, 0.15) is 13.2 Å². The molecule has 0 amide bonds. The Balaban J connectivity index is 4.32. The molecule has 0 heterocycles. The SMILES string of the molecule is CC(C)CCCCCCCCCCCCCCCC(=O)O[C@H](COC(=O)CCCCCCCCCCCC(C)C)COC(=O)CCCCCCCCCCC(C)C. The lowest BCUT2D eigenvalue weighted by atomic mass is 10.0. The number of ether oxygens (including phenoxy) is 3. The second-order valence-electron chi connectivity index (χ2n) is 18.9. The van der Waals surface area contributed by atoms with E-state index in [1.54, 1.807) is 0 Å². The molecule has 338 valence electrons. The predicted octanol–water partition coefficient (Wildman–Crippen LogP) is 16.0. The van der Waals surface area contributed by atoms with Gasteiger partial charge in [-0.2, -0.15) is 0 Å². The molecule has 0 radical (unpaired) electrons. The third-order valence-corrected chi connectivity index (χ3v) is 11.4. The highest BCUT2D eigenvalue weighted by Crippen LogP contribution is 2.17. The summed E-state index contributed by atoms with van der Waals surface area (Å²) in [6, 6.07) is 0. The van der Waals surface area contributed by atoms with Crippen LogP contribution < -0.4 is 0 Å². The zero-order valence-electron chi connectivity index (χ0n) is 39.1. The summed E-state index contributed by atoms with van der Waals surface area (Å²) in [5.74, 6) is 1.59. The fraction of sp³-hybridized carbons (Fsp3) is 0.941. The second kappa shape index (κ2) is 42.5. The highest BCUT2D eigenvalue weighted by Gasteiger charge is 2.19. The van der Waals surface area contributed by atoms with Gasteiger partial charge in [0.2, 0.25) is 0 Å². The molecule has 57 heavy (non-hydrogen) atoms. The molecule has 0 unspecified atom stereocenters. The first-order chi connectivity index (χ1) is 27.6. The van der Waals surface area contributed by atoms with E-state index < -0.39 is 6.10 Å². The Morgan fingerprint density at radius 3 is 0.754 bits per heavy atom. The standard InChI is InChI=1S/C51H98O6/c1-45(2)37-31-25-19-13-10-8-7-9-11-15-24-30-36-42-51(54)57-48(44-56-50(53)41-35-29-23-18-17-21-27-33-39-47(5)6)43-55-49(52)40-34-28-22-16-12-14-20-26-32-38-46(3)4/h45-48H,7-44H2,1-6H3/t48-/m1/s1. The Kier molecular flexibility index (Phi) is 41.3. The van der Waals surface area contributed by atoms with E-state index in [1.807, 2.05) is 0 Å². The van der Waals surface area contributed by atoms with E-state index in [0.717, 1.165) is 75.5 Å². The van der Waals surface area contributed by atoms with Crippen molar-refractivity contribution >= 4 is 17.9 Å². The Morgan fingerprint density at radius 2 is 0.509 bits per heavy atom. The number of esters is 3. The number of rotatable bonds is 44. The van der Waals surface area contributed by atoms with E-state index in [9.17, 15) is 14.4 Å². The van der Waals surface area contributed by atoms with Crippen LogP contribution in [0, 0.1) is 17.8 Å². The van der Waals surface area contributed by atoms with Crippen LogP contribution in [0.1, 0.15) is 273 Å². The highest BCUT2D eigenvalue weighted by molar-refractivity contribution is 5.71. The fourth-order valence-electron chi connectivity index (χ4n) is 7.59. The van der Waals surface area contributed by atoms with Crippen molar-refractivity contribution in [1.29, 1.82) is 0 Å². The fourth-order valence-corrected chi connectivity index (χ4v) is 7.59. The maximum atomic E-state index is 12.8. The van der Waals surface area contributed by atoms with E-state index in [-0.39, 0.29) is 31.1 Å². The van der Waals surface area contributed by atoms with Crippen LogP contribution in [-0.4, -0.2) is 37.2 Å². The summed E-state index contributed by atoms with van der Waals surface area (Å²) in [5, 5.41) is 0. The average Bonchev–Trinajstić information content (AvgIpc) is 3.16. The molecule has 0 rings (SSSR count). The third-order valence-electron chi connectivity index (χ3n) is 11.4. The smallest absolute Gasteiger partial charge is 0.306 e. The summed E-state index contributed by atoms with van der Waals surface area (Å²) < 4.78 is 16.8. The molecule has 0 aromatic heterocycles. The van der Waals surface area contributed by atoms with Gasteiger partial charge in [0, 0.05) is 19.3 Å². The van der Waals surface area contributed by atoms with Gasteiger partial charge >= 0.3 is 17.9 Å². The monoisotopic (exact) mass is 807 g/mol. The van der Waals surface area contributed by atoms with Crippen molar-refractivity contribution in [2.24, 2.45) is 17.8 Å². The lowest BCUT2D eigenvalue weighted by Crippen LogP contribution is -2.30. The maximum absolute atomic E-state index is 12.8. The maximum Gasteiger partial charge on any atom is 0.306 e. The molecule has 0 aromatic carbocycles. The minimum Gasteiger partial charge on any atom is -0.462 e. The summed E-state index contributed by atoms with van der Waals surface area (Å²) in [6.07, 6.45) is 40.9. The first-order valence-corrected chi connectivity index (χ1v) is 25.1. The van der Waals surface area contributed by atoms with E-state index in [4.69, 9.17) is 14.2 Å². The van der Waals surface area contributed by atoms with Gasteiger partial charge in [0.15, 0.2) is 6.10 Å². The van der Waals surface area contributed by atoms with Crippen molar-refractivity contribution in [3.8, 4) is 0 Å². The molecule has 0 saturated heterocycles. The molecule has 0 aliphatic rings. The van der Waals surface area contributed by atoms with Crippen molar-refractivity contribution in [2.45, 2.75) is 279 Å².